The first kappa shape index (κ1) is 17.4. The molecule has 0 aromatic heterocycles. The number of benzene rings is 1. The number of nitrogens with two attached hydrogens (primary N) is 1. The molecule has 118 valence electrons. The third-order valence-corrected chi connectivity index (χ3v) is 3.13. The second-order valence-corrected chi connectivity index (χ2v) is 5.11. The second-order valence-electron chi connectivity index (χ2n) is 5.11. The van der Waals surface area contributed by atoms with E-state index in [9.17, 15) is 0 Å². The van der Waals surface area contributed by atoms with Crippen molar-refractivity contribution in [2.24, 2.45) is 10.9 Å². The predicted molar refractivity (Wildman–Crippen MR) is 84.8 cm³/mol. The van der Waals surface area contributed by atoms with Gasteiger partial charge in [0.2, 0.25) is 0 Å². The Morgan fingerprint density at radius 3 is 2.67 bits per heavy atom. The molecule has 0 saturated carbocycles. The number of oxime groups is 1. The number of nitrogens with zero attached hydrogens (tertiary/aromatic N) is 2. The molecular weight excluding hydrogens is 268 g/mol. The molecule has 0 spiro atoms. The van der Waals surface area contributed by atoms with E-state index in [0.29, 0.717) is 13.2 Å². The van der Waals surface area contributed by atoms with Crippen LogP contribution in [0.15, 0.2) is 35.5 Å². The van der Waals surface area contributed by atoms with E-state index in [0.717, 1.165) is 25.3 Å². The fourth-order valence-electron chi connectivity index (χ4n) is 1.89. The molecule has 1 unspecified atom stereocenters. The van der Waals surface area contributed by atoms with E-state index in [1.165, 1.54) is 0 Å². The fourth-order valence-corrected chi connectivity index (χ4v) is 1.89. The van der Waals surface area contributed by atoms with Gasteiger partial charge < -0.3 is 25.9 Å². The van der Waals surface area contributed by atoms with E-state index < -0.39 is 0 Å². The summed E-state index contributed by atoms with van der Waals surface area (Å²) in [5.41, 5.74) is 6.79. The maximum atomic E-state index is 8.90. The van der Waals surface area contributed by atoms with Gasteiger partial charge in [0.1, 0.15) is 5.84 Å². The molecule has 0 aliphatic heterocycles. The molecule has 6 nitrogen and oxygen atoms in total. The lowest BCUT2D eigenvalue weighted by atomic mass is 9.98. The van der Waals surface area contributed by atoms with Gasteiger partial charge in [-0.05, 0) is 19.7 Å². The van der Waals surface area contributed by atoms with Crippen molar-refractivity contribution < 1.29 is 9.94 Å². The summed E-state index contributed by atoms with van der Waals surface area (Å²) in [7, 11) is 4.03. The zero-order valence-electron chi connectivity index (χ0n) is 12.8. The molecule has 1 aromatic rings. The number of hydrogen-bond acceptors (Lipinski definition) is 5. The average molecular weight is 294 g/mol. The topological polar surface area (TPSA) is 83.1 Å². The monoisotopic (exact) mass is 294 g/mol. The number of ether oxygens (including phenoxy) is 1. The number of amidine groups is 1. The lowest BCUT2D eigenvalue weighted by Crippen LogP contribution is -2.33. The molecule has 0 saturated heterocycles. The van der Waals surface area contributed by atoms with E-state index >= 15 is 0 Å². The lowest BCUT2D eigenvalue weighted by molar-refractivity contribution is 0.119. The SMILES string of the molecule is CN(C)CCOCCNCC(/C(N)=N/O)c1ccccc1. The Hall–Kier alpha value is -1.63. The van der Waals surface area contributed by atoms with Crippen molar-refractivity contribution in [1.82, 2.24) is 10.2 Å². The maximum Gasteiger partial charge on any atom is 0.147 e. The van der Waals surface area contributed by atoms with Gasteiger partial charge in [-0.25, -0.2) is 0 Å². The van der Waals surface area contributed by atoms with E-state index in [2.05, 4.69) is 15.4 Å². The summed E-state index contributed by atoms with van der Waals surface area (Å²) in [5, 5.41) is 15.3. The van der Waals surface area contributed by atoms with E-state index in [4.69, 9.17) is 15.7 Å². The van der Waals surface area contributed by atoms with Gasteiger partial charge in [-0.3, -0.25) is 0 Å². The summed E-state index contributed by atoms with van der Waals surface area (Å²) in [4.78, 5) is 2.08. The van der Waals surface area contributed by atoms with Gasteiger partial charge in [0.15, 0.2) is 0 Å². The van der Waals surface area contributed by atoms with Crippen molar-refractivity contribution in [3.8, 4) is 0 Å². The summed E-state index contributed by atoms with van der Waals surface area (Å²) in [6, 6.07) is 9.77. The number of nitrogens with one attached hydrogen (secondary N) is 1. The quantitative estimate of drug-likeness (QED) is 0.194. The summed E-state index contributed by atoms with van der Waals surface area (Å²) < 4.78 is 5.50. The van der Waals surface area contributed by atoms with Crippen molar-refractivity contribution in [3.05, 3.63) is 35.9 Å². The van der Waals surface area contributed by atoms with Crippen molar-refractivity contribution in [1.29, 1.82) is 0 Å². The van der Waals surface area contributed by atoms with Crippen LogP contribution >= 0.6 is 0 Å². The van der Waals surface area contributed by atoms with E-state index in [1.807, 2.05) is 44.4 Å². The molecule has 0 fully saturated rings. The van der Waals surface area contributed by atoms with Gasteiger partial charge in [-0.2, -0.15) is 0 Å². The summed E-state index contributed by atoms with van der Waals surface area (Å²) in [5.74, 6) is 0.0696. The summed E-state index contributed by atoms with van der Waals surface area (Å²) in [6.45, 7) is 3.62. The Bertz CT molecular complexity index is 409. The minimum atomic E-state index is -0.141. The molecule has 4 N–H and O–H groups in total. The van der Waals surface area contributed by atoms with Crippen LogP contribution in [0.3, 0.4) is 0 Å². The third kappa shape index (κ3) is 7.08. The van der Waals surface area contributed by atoms with Crippen LogP contribution in [0.1, 0.15) is 11.5 Å². The van der Waals surface area contributed by atoms with Crippen molar-refractivity contribution >= 4 is 5.84 Å². The Balaban J connectivity index is 2.32. The molecule has 1 rings (SSSR count). The molecule has 1 atom stereocenters. The molecule has 0 radical (unpaired) electrons. The van der Waals surface area contributed by atoms with Gasteiger partial charge in [0.05, 0.1) is 19.1 Å². The van der Waals surface area contributed by atoms with Gasteiger partial charge >= 0.3 is 0 Å². The molecule has 6 heteroatoms. The highest BCUT2D eigenvalue weighted by Gasteiger charge is 2.15. The fraction of sp³-hybridized carbons (Fsp3) is 0.533. The Labute approximate surface area is 126 Å². The second kappa shape index (κ2) is 10.1. The van der Waals surface area contributed by atoms with Gasteiger partial charge in [0, 0.05) is 19.6 Å². The Kier molecular flexibility index (Phi) is 8.42. The minimum Gasteiger partial charge on any atom is -0.409 e. The van der Waals surface area contributed by atoms with Crippen LogP contribution in [0.25, 0.3) is 0 Å². The zero-order chi connectivity index (χ0) is 15.5. The molecule has 0 bridgehead atoms. The molecule has 0 amide bonds. The number of likely N-dealkylation sites (N-methyl/N-ethyl adjacent to an activating group) is 1. The predicted octanol–water partition coefficient (Wildman–Crippen LogP) is 0.684. The molecule has 0 aliphatic rings. The van der Waals surface area contributed by atoms with Crippen LogP contribution in [0, 0.1) is 0 Å². The van der Waals surface area contributed by atoms with Crippen LogP contribution < -0.4 is 11.1 Å². The zero-order valence-corrected chi connectivity index (χ0v) is 12.8. The van der Waals surface area contributed by atoms with Gasteiger partial charge in [-0.15, -0.1) is 0 Å². The maximum absolute atomic E-state index is 8.90. The molecule has 1 aromatic carbocycles. The highest BCUT2D eigenvalue weighted by Crippen LogP contribution is 2.14. The van der Waals surface area contributed by atoms with Crippen molar-refractivity contribution in [2.45, 2.75) is 5.92 Å². The molecule has 21 heavy (non-hydrogen) atoms. The van der Waals surface area contributed by atoms with Crippen LogP contribution in [0.4, 0.5) is 0 Å². The number of rotatable bonds is 10. The largest absolute Gasteiger partial charge is 0.409 e. The highest BCUT2D eigenvalue weighted by atomic mass is 16.5. The summed E-state index contributed by atoms with van der Waals surface area (Å²) >= 11 is 0. The third-order valence-electron chi connectivity index (χ3n) is 3.13. The minimum absolute atomic E-state index is 0.141. The average Bonchev–Trinajstić information content (AvgIpc) is 2.50. The summed E-state index contributed by atoms with van der Waals surface area (Å²) in [6.07, 6.45) is 0. The van der Waals surface area contributed by atoms with Crippen LogP contribution in [0.5, 0.6) is 0 Å². The van der Waals surface area contributed by atoms with Crippen molar-refractivity contribution in [2.75, 3.05) is 46.9 Å². The molecule has 0 aliphatic carbocycles. The highest BCUT2D eigenvalue weighted by molar-refractivity contribution is 5.87. The van der Waals surface area contributed by atoms with Crippen LogP contribution in [0.2, 0.25) is 0 Å². The normalized spacial score (nSPS) is 13.6. The van der Waals surface area contributed by atoms with Crippen LogP contribution in [-0.2, 0) is 4.74 Å². The van der Waals surface area contributed by atoms with Crippen molar-refractivity contribution in [3.63, 3.8) is 0 Å². The first-order valence-corrected chi connectivity index (χ1v) is 7.10. The van der Waals surface area contributed by atoms with Crippen LogP contribution in [-0.4, -0.2) is 62.9 Å². The standard InChI is InChI=1S/C15H26N4O2/c1-19(2)9-11-21-10-8-17-12-14(15(16)18-20)13-6-4-3-5-7-13/h3-7,14,17,20H,8-12H2,1-2H3,(H2,16,18). The Morgan fingerprint density at radius 2 is 2.05 bits per heavy atom. The van der Waals surface area contributed by atoms with Gasteiger partial charge in [-0.1, -0.05) is 35.5 Å². The molecule has 0 heterocycles. The Morgan fingerprint density at radius 1 is 1.33 bits per heavy atom. The first-order valence-electron chi connectivity index (χ1n) is 7.10. The first-order chi connectivity index (χ1) is 10.1. The smallest absolute Gasteiger partial charge is 0.147 e. The van der Waals surface area contributed by atoms with Gasteiger partial charge in [0.25, 0.3) is 0 Å². The lowest BCUT2D eigenvalue weighted by Gasteiger charge is -2.17. The van der Waals surface area contributed by atoms with E-state index in [-0.39, 0.29) is 11.8 Å². The van der Waals surface area contributed by atoms with E-state index in [1.54, 1.807) is 0 Å². The number of hydrogen-bond donors (Lipinski definition) is 3. The molecular formula is C15H26N4O2.